The molecule has 522 valence electrons. The van der Waals surface area contributed by atoms with Crippen LogP contribution in [0.2, 0.25) is 0 Å². The van der Waals surface area contributed by atoms with Crippen molar-refractivity contribution in [2.75, 3.05) is 0 Å². The van der Waals surface area contributed by atoms with Gasteiger partial charge < -0.3 is 8.83 Å². The first-order valence-corrected chi connectivity index (χ1v) is 35.4. The molecule has 0 N–H and O–H groups in total. The molecule has 0 saturated carbocycles. The molecule has 0 aliphatic rings. The van der Waals surface area contributed by atoms with Gasteiger partial charge in [-0.1, -0.05) is 333 Å². The quantitative estimate of drug-likeness (QED) is 0.135. The van der Waals surface area contributed by atoms with Crippen LogP contribution in [-0.4, -0.2) is 39.9 Å². The lowest BCUT2D eigenvalue weighted by Gasteiger charge is -2.05. The van der Waals surface area contributed by atoms with Crippen molar-refractivity contribution < 1.29 is 8.83 Å². The molecule has 0 radical (unpaired) electrons. The standard InChI is InChI=1S/2C18H10N2O.C12H8N2.C8H6N2.4C5H12.6C2H6/c2*1-3-7-13-11(5-1)12-6-2-4-8-14(12)17-15(13)16-18(21-17)20-10-9-19-16;1-2-4-10-9(3-1)5-6-11-12(10)14-8-7-13-11;1-2-4-8-7(3-1)9-5-6-10-8;4*1-5(2,3)4;6*1-2/h2*1-10H;1-8H;1-6H;4*1-4H3;6*1-2H3. The number of fused-ring (bicyclic) bond motifs is 20. The van der Waals surface area contributed by atoms with Crippen LogP contribution in [0.4, 0.5) is 0 Å². The first kappa shape index (κ1) is 84.8. The number of hydrogen-bond donors (Lipinski definition) is 0. The summed E-state index contributed by atoms with van der Waals surface area (Å²) in [5.41, 5.74) is 10.4. The molecular formula is C88H118N8O2. The molecule has 0 unspecified atom stereocenters. The smallest absolute Gasteiger partial charge is 0.246 e. The van der Waals surface area contributed by atoms with E-state index in [2.05, 4.69) is 242 Å². The van der Waals surface area contributed by atoms with Crippen molar-refractivity contribution in [1.82, 2.24) is 39.9 Å². The van der Waals surface area contributed by atoms with E-state index in [1.54, 1.807) is 49.6 Å². The molecule has 9 aromatic carbocycles. The van der Waals surface area contributed by atoms with Gasteiger partial charge in [-0.2, -0.15) is 0 Å². The van der Waals surface area contributed by atoms with Crippen LogP contribution in [0.1, 0.15) is 194 Å². The van der Waals surface area contributed by atoms with Crippen LogP contribution in [0.3, 0.4) is 0 Å². The summed E-state index contributed by atoms with van der Waals surface area (Å²) in [7, 11) is 0. The van der Waals surface area contributed by atoms with Crippen molar-refractivity contribution in [3.63, 3.8) is 0 Å². The van der Waals surface area contributed by atoms with Crippen molar-refractivity contribution in [2.24, 2.45) is 21.7 Å². The molecule has 0 fully saturated rings. The Morgan fingerprint density at radius 3 is 0.786 bits per heavy atom. The SMILES string of the molecule is CC.CC.CC.CC.CC.CC.CC(C)(C)C.CC(C)(C)C.CC(C)(C)C.CC(C)(C)C.c1ccc2c(c1)c1ccccc1c1c3nccnc3oc21.c1ccc2c(c1)c1ccccc1c1c3nccnc3oc21.c1ccc2c(c1)ccc1nccnc12.c1ccc2nccnc2c1. The highest BCUT2D eigenvalue weighted by atomic mass is 16.3. The molecule has 10 heteroatoms. The van der Waals surface area contributed by atoms with Crippen molar-refractivity contribution in [3.8, 4) is 0 Å². The van der Waals surface area contributed by atoms with Crippen molar-refractivity contribution >= 4 is 120 Å². The Kier molecular flexibility index (Phi) is 36.7. The molecule has 10 nitrogen and oxygen atoms in total. The summed E-state index contributed by atoms with van der Waals surface area (Å²) in [6.07, 6.45) is 13.6. The van der Waals surface area contributed by atoms with Gasteiger partial charge in [-0.15, -0.1) is 0 Å². The highest BCUT2D eigenvalue weighted by Gasteiger charge is 2.18. The minimum atomic E-state index is 0.500. The van der Waals surface area contributed by atoms with Crippen LogP contribution in [0.5, 0.6) is 0 Å². The molecule has 98 heavy (non-hydrogen) atoms. The number of rotatable bonds is 0. The van der Waals surface area contributed by atoms with Gasteiger partial charge in [0.2, 0.25) is 11.4 Å². The minimum Gasteiger partial charge on any atom is -0.436 e. The van der Waals surface area contributed by atoms with E-state index in [0.29, 0.717) is 33.1 Å². The molecule has 6 aromatic heterocycles. The van der Waals surface area contributed by atoms with Crippen LogP contribution in [0.15, 0.2) is 216 Å². The minimum absolute atomic E-state index is 0.500. The Hall–Kier alpha value is -9.28. The summed E-state index contributed by atoms with van der Waals surface area (Å²) in [4.78, 5) is 34.4. The highest BCUT2D eigenvalue weighted by Crippen LogP contribution is 2.41. The summed E-state index contributed by atoms with van der Waals surface area (Å²) in [5, 5.41) is 13.8. The predicted molar refractivity (Wildman–Crippen MR) is 434 cm³/mol. The second-order valence-corrected chi connectivity index (χ2v) is 27.5. The van der Waals surface area contributed by atoms with Gasteiger partial charge in [0.15, 0.2) is 0 Å². The molecule has 0 aliphatic heterocycles. The normalized spacial score (nSPS) is 10.4. The maximum Gasteiger partial charge on any atom is 0.246 e. The summed E-state index contributed by atoms with van der Waals surface area (Å²) >= 11 is 0. The van der Waals surface area contributed by atoms with Gasteiger partial charge in [0, 0.05) is 65.7 Å². The molecule has 0 saturated heterocycles. The lowest BCUT2D eigenvalue weighted by Crippen LogP contribution is -1.93. The monoisotopic (exact) mass is 1320 g/mol. The fourth-order valence-corrected chi connectivity index (χ4v) is 8.85. The number of aromatic nitrogens is 8. The first-order valence-electron chi connectivity index (χ1n) is 35.4. The van der Waals surface area contributed by atoms with Gasteiger partial charge in [0.1, 0.15) is 22.2 Å². The Bertz CT molecular complexity index is 4330. The van der Waals surface area contributed by atoms with Gasteiger partial charge in [-0.3, -0.25) is 19.9 Å². The molecule has 0 spiro atoms. The van der Waals surface area contributed by atoms with Crippen LogP contribution in [0.25, 0.3) is 120 Å². The van der Waals surface area contributed by atoms with E-state index < -0.39 is 0 Å². The molecule has 0 bridgehead atoms. The molecular weight excluding hydrogens is 1200 g/mol. The second kappa shape index (κ2) is 42.4. The maximum absolute atomic E-state index is 6.00. The van der Waals surface area contributed by atoms with Crippen LogP contribution in [-0.2, 0) is 0 Å². The predicted octanol–water partition coefficient (Wildman–Crippen LogP) is 28.1. The highest BCUT2D eigenvalue weighted by molar-refractivity contribution is 6.30. The topological polar surface area (TPSA) is 129 Å². The number of hydrogen-bond acceptors (Lipinski definition) is 10. The molecule has 0 atom stereocenters. The van der Waals surface area contributed by atoms with E-state index in [4.69, 9.17) is 8.83 Å². The van der Waals surface area contributed by atoms with E-state index >= 15 is 0 Å². The number of nitrogens with zero attached hydrogens (tertiary/aromatic N) is 8. The van der Waals surface area contributed by atoms with E-state index in [-0.39, 0.29) is 0 Å². The summed E-state index contributed by atoms with van der Waals surface area (Å²) in [6.45, 7) is 59.0. The summed E-state index contributed by atoms with van der Waals surface area (Å²) in [6, 6.07) is 53.5. The van der Waals surface area contributed by atoms with Crippen LogP contribution < -0.4 is 0 Å². The number of benzene rings is 9. The molecule has 15 aromatic rings. The Balaban J connectivity index is 0.000000396. The fraction of sp³-hybridized carbons (Fsp3) is 0.364. The van der Waals surface area contributed by atoms with E-state index in [0.717, 1.165) is 82.0 Å². The van der Waals surface area contributed by atoms with E-state index in [1.165, 1.54) is 26.9 Å². The largest absolute Gasteiger partial charge is 0.436 e. The van der Waals surface area contributed by atoms with Crippen molar-refractivity contribution in [1.29, 1.82) is 0 Å². The Morgan fingerprint density at radius 2 is 0.449 bits per heavy atom. The van der Waals surface area contributed by atoms with Gasteiger partial charge in [-0.25, -0.2) is 19.9 Å². The van der Waals surface area contributed by atoms with Gasteiger partial charge in [-0.05, 0) is 77.6 Å². The zero-order valence-corrected chi connectivity index (χ0v) is 65.0. The molecule has 0 aliphatic carbocycles. The van der Waals surface area contributed by atoms with E-state index in [1.807, 2.05) is 150 Å². The second-order valence-electron chi connectivity index (χ2n) is 27.5. The van der Waals surface area contributed by atoms with Crippen LogP contribution >= 0.6 is 0 Å². The number of furan rings is 2. The summed E-state index contributed by atoms with van der Waals surface area (Å²) in [5.74, 6) is 0. The summed E-state index contributed by atoms with van der Waals surface area (Å²) < 4.78 is 12.0. The maximum atomic E-state index is 6.00. The first-order chi connectivity index (χ1) is 46.8. The van der Waals surface area contributed by atoms with Gasteiger partial charge in [0.25, 0.3) is 0 Å². The third kappa shape index (κ3) is 27.0. The zero-order valence-electron chi connectivity index (χ0n) is 65.0. The molecule has 0 amide bonds. The lowest BCUT2D eigenvalue weighted by molar-refractivity contribution is 0.469. The van der Waals surface area contributed by atoms with Gasteiger partial charge in [0.05, 0.1) is 32.8 Å². The number of para-hydroxylation sites is 2. The van der Waals surface area contributed by atoms with E-state index in [9.17, 15) is 0 Å². The van der Waals surface area contributed by atoms with Crippen LogP contribution in [0, 0.1) is 21.7 Å². The molecule has 15 rings (SSSR count). The average Bonchev–Trinajstić information content (AvgIpc) is 1.54. The lowest BCUT2D eigenvalue weighted by atomic mass is 9.98. The fourth-order valence-electron chi connectivity index (χ4n) is 8.85. The third-order valence-corrected chi connectivity index (χ3v) is 11.7. The van der Waals surface area contributed by atoms with Crippen molar-refractivity contribution in [3.05, 3.63) is 207 Å². The van der Waals surface area contributed by atoms with Crippen molar-refractivity contribution in [2.45, 2.75) is 194 Å². The third-order valence-electron chi connectivity index (χ3n) is 11.7. The average molecular weight is 1320 g/mol. The zero-order chi connectivity index (χ0) is 73.8. The Morgan fingerprint density at radius 1 is 0.214 bits per heavy atom. The Labute approximate surface area is 588 Å². The molecule has 6 heterocycles. The van der Waals surface area contributed by atoms with Gasteiger partial charge >= 0.3 is 0 Å².